The van der Waals surface area contributed by atoms with Crippen LogP contribution in [0.2, 0.25) is 0 Å². The second kappa shape index (κ2) is 11.0. The van der Waals surface area contributed by atoms with Gasteiger partial charge in [-0.2, -0.15) is 0 Å². The van der Waals surface area contributed by atoms with Crippen LogP contribution in [-0.4, -0.2) is 13.2 Å². The van der Waals surface area contributed by atoms with Crippen LogP contribution in [0.15, 0.2) is 0 Å². The third-order valence-corrected chi connectivity index (χ3v) is 1.93. The maximum atomic E-state index is 5.45. The Hall–Kier alpha value is -0.0400. The van der Waals surface area contributed by atoms with Crippen molar-refractivity contribution < 1.29 is 4.74 Å². The predicted molar refractivity (Wildman–Crippen MR) is 54.2 cm³/mol. The Kier molecular flexibility index (Phi) is 10.9. The lowest BCUT2D eigenvalue weighted by atomic mass is 10.2. The van der Waals surface area contributed by atoms with Crippen LogP contribution < -0.4 is 0 Å². The molecule has 0 saturated heterocycles. The van der Waals surface area contributed by atoms with E-state index in [2.05, 4.69) is 13.8 Å². The summed E-state index contributed by atoms with van der Waals surface area (Å²) in [6, 6.07) is 0. The SMILES string of the molecule is [CH2]CCCCOCCCCCC. The molecule has 73 valence electrons. The highest BCUT2D eigenvalue weighted by Crippen LogP contribution is 2.00. The van der Waals surface area contributed by atoms with Gasteiger partial charge in [-0.1, -0.05) is 46.0 Å². The molecule has 0 rings (SSSR count). The number of ether oxygens (including phenoxy) is 1. The van der Waals surface area contributed by atoms with E-state index in [-0.39, 0.29) is 0 Å². The number of hydrogen-bond donors (Lipinski definition) is 0. The molecule has 0 aromatic carbocycles. The quantitative estimate of drug-likeness (QED) is 0.482. The van der Waals surface area contributed by atoms with Gasteiger partial charge < -0.3 is 4.74 Å². The van der Waals surface area contributed by atoms with Crippen molar-refractivity contribution in [3.8, 4) is 0 Å². The smallest absolute Gasteiger partial charge is 0.0466 e. The molecule has 0 fully saturated rings. The summed E-state index contributed by atoms with van der Waals surface area (Å²) < 4.78 is 5.45. The summed E-state index contributed by atoms with van der Waals surface area (Å²) in [5.74, 6) is 0. The second-order valence-corrected chi connectivity index (χ2v) is 3.23. The van der Waals surface area contributed by atoms with Crippen LogP contribution in [0, 0.1) is 6.92 Å². The minimum absolute atomic E-state index is 0.932. The first-order chi connectivity index (χ1) is 5.91. The van der Waals surface area contributed by atoms with Gasteiger partial charge in [-0.3, -0.25) is 0 Å². The Morgan fingerprint density at radius 2 is 1.58 bits per heavy atom. The molecule has 0 aliphatic carbocycles. The first kappa shape index (κ1) is 12.0. The second-order valence-electron chi connectivity index (χ2n) is 3.23. The molecule has 1 heteroatoms. The third-order valence-electron chi connectivity index (χ3n) is 1.93. The van der Waals surface area contributed by atoms with Crippen LogP contribution in [0.25, 0.3) is 0 Å². The molecule has 0 heterocycles. The molecule has 0 aromatic rings. The lowest BCUT2D eigenvalue weighted by Gasteiger charge is -2.02. The molecule has 0 aliphatic rings. The molecule has 0 spiro atoms. The Balaban J connectivity index is 2.73. The van der Waals surface area contributed by atoms with E-state index in [4.69, 9.17) is 4.74 Å². The molecule has 0 N–H and O–H groups in total. The van der Waals surface area contributed by atoms with E-state index in [1.165, 1.54) is 38.5 Å². The highest BCUT2D eigenvalue weighted by Gasteiger charge is 1.89. The molecule has 0 aromatic heterocycles. The van der Waals surface area contributed by atoms with E-state index in [9.17, 15) is 0 Å². The summed E-state index contributed by atoms with van der Waals surface area (Å²) in [6.07, 6.45) is 8.64. The van der Waals surface area contributed by atoms with Gasteiger partial charge >= 0.3 is 0 Å². The van der Waals surface area contributed by atoms with E-state index in [0.29, 0.717) is 0 Å². The molecular weight excluding hydrogens is 148 g/mol. The topological polar surface area (TPSA) is 9.23 Å². The van der Waals surface area contributed by atoms with Gasteiger partial charge in [-0.25, -0.2) is 0 Å². The first-order valence-electron chi connectivity index (χ1n) is 5.28. The molecule has 12 heavy (non-hydrogen) atoms. The summed E-state index contributed by atoms with van der Waals surface area (Å²) in [5, 5.41) is 0. The van der Waals surface area contributed by atoms with Gasteiger partial charge in [0, 0.05) is 13.2 Å². The van der Waals surface area contributed by atoms with E-state index >= 15 is 0 Å². The van der Waals surface area contributed by atoms with E-state index in [1.54, 1.807) is 0 Å². The summed E-state index contributed by atoms with van der Waals surface area (Å²) in [7, 11) is 0. The average Bonchev–Trinajstić information content (AvgIpc) is 2.10. The Morgan fingerprint density at radius 3 is 2.17 bits per heavy atom. The van der Waals surface area contributed by atoms with Gasteiger partial charge in [0.2, 0.25) is 0 Å². The maximum absolute atomic E-state index is 5.45. The van der Waals surface area contributed by atoms with Gasteiger partial charge in [-0.15, -0.1) is 0 Å². The lowest BCUT2D eigenvalue weighted by Crippen LogP contribution is -1.96. The maximum Gasteiger partial charge on any atom is 0.0466 e. The zero-order valence-electron chi connectivity index (χ0n) is 8.48. The molecular formula is C11H23O. The van der Waals surface area contributed by atoms with Gasteiger partial charge in [0.1, 0.15) is 0 Å². The van der Waals surface area contributed by atoms with Crippen LogP contribution in [0.3, 0.4) is 0 Å². The van der Waals surface area contributed by atoms with Crippen molar-refractivity contribution in [1.82, 2.24) is 0 Å². The molecule has 0 bridgehead atoms. The van der Waals surface area contributed by atoms with Crippen molar-refractivity contribution in [2.45, 2.75) is 51.9 Å². The summed E-state index contributed by atoms with van der Waals surface area (Å²) in [6.45, 7) is 7.91. The standard InChI is InChI=1S/C11H23O/c1-3-5-7-9-11-12-10-8-6-4-2/h2-11H2,1H3. The normalized spacial score (nSPS) is 10.5. The number of unbranched alkanes of at least 4 members (excludes halogenated alkanes) is 5. The average molecular weight is 171 g/mol. The van der Waals surface area contributed by atoms with Crippen molar-refractivity contribution in [3.63, 3.8) is 0 Å². The molecule has 1 radical (unpaired) electrons. The molecule has 0 aliphatic heterocycles. The highest BCUT2D eigenvalue weighted by atomic mass is 16.5. The molecule has 0 atom stereocenters. The van der Waals surface area contributed by atoms with E-state index < -0.39 is 0 Å². The van der Waals surface area contributed by atoms with Gasteiger partial charge in [0.25, 0.3) is 0 Å². The fourth-order valence-electron chi connectivity index (χ4n) is 1.11. The van der Waals surface area contributed by atoms with Gasteiger partial charge in [0.05, 0.1) is 0 Å². The highest BCUT2D eigenvalue weighted by molar-refractivity contribution is 4.43. The summed E-state index contributed by atoms with van der Waals surface area (Å²) in [4.78, 5) is 0. The van der Waals surface area contributed by atoms with Gasteiger partial charge in [0.15, 0.2) is 0 Å². The molecule has 0 amide bonds. The third kappa shape index (κ3) is 9.96. The van der Waals surface area contributed by atoms with Crippen molar-refractivity contribution in [2.24, 2.45) is 0 Å². The molecule has 1 nitrogen and oxygen atoms in total. The van der Waals surface area contributed by atoms with Crippen molar-refractivity contribution in [1.29, 1.82) is 0 Å². The zero-order valence-corrected chi connectivity index (χ0v) is 8.48. The minimum Gasteiger partial charge on any atom is -0.381 e. The van der Waals surface area contributed by atoms with Crippen molar-refractivity contribution in [2.75, 3.05) is 13.2 Å². The Morgan fingerprint density at radius 1 is 0.917 bits per heavy atom. The minimum atomic E-state index is 0.932. The Labute approximate surface area is 77.5 Å². The van der Waals surface area contributed by atoms with Crippen LogP contribution >= 0.6 is 0 Å². The van der Waals surface area contributed by atoms with E-state index in [1.807, 2.05) is 0 Å². The summed E-state index contributed by atoms with van der Waals surface area (Å²) in [5.41, 5.74) is 0. The Bertz CT molecular complexity index is 61.4. The molecule has 0 saturated carbocycles. The lowest BCUT2D eigenvalue weighted by molar-refractivity contribution is 0.126. The molecule has 0 unspecified atom stereocenters. The zero-order chi connectivity index (χ0) is 9.07. The fraction of sp³-hybridized carbons (Fsp3) is 0.909. The predicted octanol–water partition coefficient (Wildman–Crippen LogP) is 3.59. The van der Waals surface area contributed by atoms with Crippen LogP contribution in [0.5, 0.6) is 0 Å². The van der Waals surface area contributed by atoms with Crippen molar-refractivity contribution >= 4 is 0 Å². The monoisotopic (exact) mass is 171 g/mol. The first-order valence-corrected chi connectivity index (χ1v) is 5.28. The fourth-order valence-corrected chi connectivity index (χ4v) is 1.11. The van der Waals surface area contributed by atoms with Crippen molar-refractivity contribution in [3.05, 3.63) is 6.92 Å². The van der Waals surface area contributed by atoms with Crippen LogP contribution in [0.4, 0.5) is 0 Å². The van der Waals surface area contributed by atoms with E-state index in [0.717, 1.165) is 19.6 Å². The largest absolute Gasteiger partial charge is 0.381 e. The van der Waals surface area contributed by atoms with Crippen LogP contribution in [0.1, 0.15) is 51.9 Å². The number of rotatable bonds is 9. The number of hydrogen-bond acceptors (Lipinski definition) is 1. The van der Waals surface area contributed by atoms with Crippen LogP contribution in [-0.2, 0) is 4.74 Å². The summed E-state index contributed by atoms with van der Waals surface area (Å²) >= 11 is 0. The van der Waals surface area contributed by atoms with Gasteiger partial charge in [-0.05, 0) is 12.8 Å².